The number of nitrogens with one attached hydrogen (secondary N) is 1. The molecule has 1 unspecified atom stereocenters. The summed E-state index contributed by atoms with van der Waals surface area (Å²) in [6.07, 6.45) is 9.54. The fraction of sp³-hybridized carbons (Fsp3) is 0.632. The third kappa shape index (κ3) is 5.62. The summed E-state index contributed by atoms with van der Waals surface area (Å²) in [5.41, 5.74) is 1.70. The van der Waals surface area contributed by atoms with Gasteiger partial charge in [-0.1, -0.05) is 50.8 Å². The van der Waals surface area contributed by atoms with E-state index in [1.54, 1.807) is 7.05 Å². The van der Waals surface area contributed by atoms with Crippen molar-refractivity contribution in [2.75, 3.05) is 7.05 Å². The molecule has 1 aliphatic heterocycles. The summed E-state index contributed by atoms with van der Waals surface area (Å²) < 4.78 is 0. The second-order valence-corrected chi connectivity index (χ2v) is 6.37. The molecule has 0 spiro atoms. The van der Waals surface area contributed by atoms with Crippen LogP contribution >= 0.6 is 0 Å². The molecule has 1 heterocycles. The zero-order valence-electron chi connectivity index (χ0n) is 15.4. The normalized spacial score (nSPS) is 19.2. The van der Waals surface area contributed by atoms with Crippen LogP contribution in [-0.4, -0.2) is 35.7 Å². The third-order valence-corrected chi connectivity index (χ3v) is 4.32. The van der Waals surface area contributed by atoms with Gasteiger partial charge in [-0.25, -0.2) is 0 Å². The third-order valence-electron chi connectivity index (χ3n) is 4.32. The van der Waals surface area contributed by atoms with Gasteiger partial charge in [0.1, 0.15) is 6.04 Å². The molecule has 1 saturated heterocycles. The van der Waals surface area contributed by atoms with E-state index in [4.69, 9.17) is 0 Å². The van der Waals surface area contributed by atoms with Gasteiger partial charge in [0.05, 0.1) is 0 Å². The molecular formula is C19H30N2O3. The van der Waals surface area contributed by atoms with Gasteiger partial charge in [0.15, 0.2) is 0 Å². The zero-order valence-corrected chi connectivity index (χ0v) is 15.4. The monoisotopic (exact) mass is 334 g/mol. The van der Waals surface area contributed by atoms with Crippen molar-refractivity contribution < 1.29 is 14.4 Å². The fourth-order valence-electron chi connectivity index (χ4n) is 2.81. The molecule has 0 aliphatic carbocycles. The number of likely N-dealkylation sites (N-methyl/N-ethyl adjacent to an activating group) is 1. The summed E-state index contributed by atoms with van der Waals surface area (Å²) >= 11 is 0. The summed E-state index contributed by atoms with van der Waals surface area (Å²) in [4.78, 5) is 37.7. The van der Waals surface area contributed by atoms with E-state index in [0.29, 0.717) is 12.0 Å². The number of carbonyl (C=O) groups is 3. The Morgan fingerprint density at radius 1 is 1.29 bits per heavy atom. The maximum atomic E-state index is 12.9. The van der Waals surface area contributed by atoms with Crippen LogP contribution in [0.25, 0.3) is 0 Å². The number of hydrogen-bond acceptors (Lipinski definition) is 3. The minimum Gasteiger partial charge on any atom is -0.330 e. The number of hydrogen-bond donors (Lipinski definition) is 1. The predicted molar refractivity (Wildman–Crippen MR) is 95.2 cm³/mol. The first kappa shape index (κ1) is 20.1. The van der Waals surface area contributed by atoms with Crippen molar-refractivity contribution in [2.24, 2.45) is 0 Å². The first-order chi connectivity index (χ1) is 11.4. The van der Waals surface area contributed by atoms with E-state index in [2.05, 4.69) is 19.2 Å². The van der Waals surface area contributed by atoms with Gasteiger partial charge in [-0.3, -0.25) is 19.7 Å². The minimum atomic E-state index is -0.580. The van der Waals surface area contributed by atoms with Gasteiger partial charge in [0.25, 0.3) is 5.91 Å². The Kier molecular flexibility index (Phi) is 8.44. The van der Waals surface area contributed by atoms with Crippen LogP contribution in [-0.2, 0) is 14.4 Å². The van der Waals surface area contributed by atoms with Crippen LogP contribution in [0.5, 0.6) is 0 Å². The first-order valence-electron chi connectivity index (χ1n) is 8.89. The lowest BCUT2D eigenvalue weighted by Gasteiger charge is -2.30. The van der Waals surface area contributed by atoms with Crippen molar-refractivity contribution in [3.05, 3.63) is 23.3 Å². The van der Waals surface area contributed by atoms with Gasteiger partial charge in [-0.2, -0.15) is 0 Å². The molecule has 0 radical (unpaired) electrons. The Morgan fingerprint density at radius 3 is 2.58 bits per heavy atom. The number of rotatable bonds is 8. The highest BCUT2D eigenvalue weighted by Gasteiger charge is 2.33. The van der Waals surface area contributed by atoms with E-state index in [1.807, 2.05) is 19.1 Å². The van der Waals surface area contributed by atoms with Crippen molar-refractivity contribution in [2.45, 2.75) is 71.8 Å². The molecule has 1 N–H and O–H groups in total. The molecule has 1 rings (SSSR count). The number of unbranched alkanes of at least 4 members (excludes halogenated alkanes) is 2. The highest BCUT2D eigenvalue weighted by molar-refractivity contribution is 6.04. The molecule has 0 bridgehead atoms. The quantitative estimate of drug-likeness (QED) is 0.321. The first-order valence-corrected chi connectivity index (χ1v) is 8.89. The second-order valence-electron chi connectivity index (χ2n) is 6.37. The Labute approximate surface area is 145 Å². The molecule has 1 aliphatic rings. The van der Waals surface area contributed by atoms with E-state index < -0.39 is 6.04 Å². The number of carbonyl (C=O) groups excluding carboxylic acids is 3. The molecule has 1 atom stereocenters. The SMILES string of the molecule is CCCC/C=C\C(C(=O)N(C)C1CCC(=O)NC1=O)=C(/C)CCC. The van der Waals surface area contributed by atoms with Gasteiger partial charge in [0, 0.05) is 19.0 Å². The van der Waals surface area contributed by atoms with Crippen molar-refractivity contribution in [1.82, 2.24) is 10.2 Å². The zero-order chi connectivity index (χ0) is 18.1. The molecule has 5 nitrogen and oxygen atoms in total. The lowest BCUT2D eigenvalue weighted by molar-refractivity contribution is -0.142. The molecular weight excluding hydrogens is 304 g/mol. The highest BCUT2D eigenvalue weighted by atomic mass is 16.2. The lowest BCUT2D eigenvalue weighted by atomic mass is 10.00. The summed E-state index contributed by atoms with van der Waals surface area (Å²) in [6.45, 7) is 6.18. The molecule has 3 amide bonds. The number of imide groups is 1. The Balaban J connectivity index is 2.94. The molecule has 0 saturated carbocycles. The molecule has 0 aromatic rings. The molecule has 1 fully saturated rings. The van der Waals surface area contributed by atoms with Gasteiger partial charge in [-0.05, 0) is 26.2 Å². The maximum absolute atomic E-state index is 12.9. The summed E-state index contributed by atoms with van der Waals surface area (Å²) in [6, 6.07) is -0.580. The summed E-state index contributed by atoms with van der Waals surface area (Å²) in [5.74, 6) is -0.803. The van der Waals surface area contributed by atoms with Crippen LogP contribution in [0.3, 0.4) is 0 Å². The number of allylic oxidation sites excluding steroid dienone is 2. The minimum absolute atomic E-state index is 0.150. The number of nitrogens with zero attached hydrogens (tertiary/aromatic N) is 1. The smallest absolute Gasteiger partial charge is 0.254 e. The highest BCUT2D eigenvalue weighted by Crippen LogP contribution is 2.19. The van der Waals surface area contributed by atoms with Crippen molar-refractivity contribution in [1.29, 1.82) is 0 Å². The van der Waals surface area contributed by atoms with Gasteiger partial charge in [0.2, 0.25) is 11.8 Å². The standard InChI is InChI=1S/C19H30N2O3/c1-5-7-8-9-11-15(14(3)10-6-2)19(24)21(4)16-12-13-17(22)20-18(16)23/h9,11,16H,5-8,10,12-13H2,1-4H3,(H,20,22,23)/b11-9-,15-14-. The van der Waals surface area contributed by atoms with Gasteiger partial charge < -0.3 is 4.90 Å². The van der Waals surface area contributed by atoms with E-state index in [9.17, 15) is 14.4 Å². The summed E-state index contributed by atoms with van der Waals surface area (Å²) in [5, 5.41) is 2.31. The van der Waals surface area contributed by atoms with E-state index in [0.717, 1.165) is 37.7 Å². The number of amides is 3. The Bertz CT molecular complexity index is 535. The van der Waals surface area contributed by atoms with E-state index in [1.165, 1.54) is 4.90 Å². The topological polar surface area (TPSA) is 66.5 Å². The van der Waals surface area contributed by atoms with Crippen LogP contribution in [0.1, 0.15) is 65.7 Å². The molecule has 24 heavy (non-hydrogen) atoms. The second kappa shape index (κ2) is 10.1. The molecule has 0 aromatic carbocycles. The maximum Gasteiger partial charge on any atom is 0.254 e. The fourth-order valence-corrected chi connectivity index (χ4v) is 2.81. The predicted octanol–water partition coefficient (Wildman–Crippen LogP) is 3.11. The molecule has 134 valence electrons. The van der Waals surface area contributed by atoms with Crippen molar-refractivity contribution in [3.63, 3.8) is 0 Å². The van der Waals surface area contributed by atoms with Gasteiger partial charge in [-0.15, -0.1) is 0 Å². The van der Waals surface area contributed by atoms with Crippen LogP contribution in [0.15, 0.2) is 23.3 Å². The van der Waals surface area contributed by atoms with Crippen LogP contribution < -0.4 is 5.32 Å². The van der Waals surface area contributed by atoms with Crippen molar-refractivity contribution in [3.8, 4) is 0 Å². The average Bonchev–Trinajstić information content (AvgIpc) is 2.54. The van der Waals surface area contributed by atoms with E-state index >= 15 is 0 Å². The molecule has 0 aromatic heterocycles. The largest absolute Gasteiger partial charge is 0.330 e. The Morgan fingerprint density at radius 2 is 2.00 bits per heavy atom. The lowest BCUT2D eigenvalue weighted by Crippen LogP contribution is -2.53. The molecule has 5 heteroatoms. The Hall–Kier alpha value is -1.91. The van der Waals surface area contributed by atoms with Crippen molar-refractivity contribution >= 4 is 17.7 Å². The number of piperidine rings is 1. The van der Waals surface area contributed by atoms with E-state index in [-0.39, 0.29) is 24.1 Å². The van der Waals surface area contributed by atoms with Crippen LogP contribution in [0.4, 0.5) is 0 Å². The van der Waals surface area contributed by atoms with Crippen LogP contribution in [0, 0.1) is 0 Å². The van der Waals surface area contributed by atoms with Gasteiger partial charge >= 0.3 is 0 Å². The van der Waals surface area contributed by atoms with Crippen LogP contribution in [0.2, 0.25) is 0 Å². The summed E-state index contributed by atoms with van der Waals surface area (Å²) in [7, 11) is 1.64. The average molecular weight is 334 g/mol.